The van der Waals surface area contributed by atoms with E-state index >= 15 is 0 Å². The first-order chi connectivity index (χ1) is 5.29. The Bertz CT molecular complexity index is 272. The van der Waals surface area contributed by atoms with Crippen LogP contribution in [0.25, 0.3) is 0 Å². The lowest BCUT2D eigenvalue weighted by Gasteiger charge is -2.05. The quantitative estimate of drug-likeness (QED) is 0.587. The summed E-state index contributed by atoms with van der Waals surface area (Å²) in [6, 6.07) is 8.29. The molecule has 2 heteroatoms. The first-order valence-corrected chi connectivity index (χ1v) is 4.20. The molecule has 1 aromatic carbocycles. The van der Waals surface area contributed by atoms with Gasteiger partial charge in [-0.15, -0.1) is 11.6 Å². The third kappa shape index (κ3) is 1.05. The maximum Gasteiger partial charge on any atom is 0.0742 e. The Hall–Kier alpha value is -0.530. The summed E-state index contributed by atoms with van der Waals surface area (Å²) in [4.78, 5) is 0. The van der Waals surface area contributed by atoms with Crippen LogP contribution in [0.5, 0.6) is 0 Å². The van der Waals surface area contributed by atoms with Crippen LogP contribution in [0, 0.1) is 0 Å². The topological polar surface area (TPSA) is 26.0 Å². The molecular weight excluding hydrogens is 158 g/mol. The fourth-order valence-electron chi connectivity index (χ4n) is 1.58. The SMILES string of the molecule is NC1Cc2ccccc2C1Cl. The molecule has 1 nitrogen and oxygen atoms in total. The van der Waals surface area contributed by atoms with Crippen molar-refractivity contribution in [3.05, 3.63) is 35.4 Å². The lowest BCUT2D eigenvalue weighted by molar-refractivity contribution is 0.701. The van der Waals surface area contributed by atoms with Crippen molar-refractivity contribution < 1.29 is 0 Å². The number of halogens is 1. The Morgan fingerprint density at radius 1 is 1.36 bits per heavy atom. The van der Waals surface area contributed by atoms with Gasteiger partial charge in [0, 0.05) is 6.04 Å². The lowest BCUT2D eigenvalue weighted by Crippen LogP contribution is -2.21. The van der Waals surface area contributed by atoms with Gasteiger partial charge in [0.15, 0.2) is 0 Å². The molecule has 2 unspecified atom stereocenters. The average Bonchev–Trinajstić information content (AvgIpc) is 2.30. The van der Waals surface area contributed by atoms with E-state index < -0.39 is 0 Å². The molecule has 0 aromatic heterocycles. The van der Waals surface area contributed by atoms with E-state index in [9.17, 15) is 0 Å². The first kappa shape index (κ1) is 7.14. The Morgan fingerprint density at radius 3 is 2.82 bits per heavy atom. The summed E-state index contributed by atoms with van der Waals surface area (Å²) in [7, 11) is 0. The molecule has 0 fully saturated rings. The Morgan fingerprint density at radius 2 is 2.09 bits per heavy atom. The third-order valence-electron chi connectivity index (χ3n) is 2.18. The molecule has 0 radical (unpaired) electrons. The number of benzene rings is 1. The zero-order valence-corrected chi connectivity index (χ0v) is 6.88. The third-order valence-corrected chi connectivity index (χ3v) is 2.74. The highest BCUT2D eigenvalue weighted by Gasteiger charge is 2.26. The van der Waals surface area contributed by atoms with Gasteiger partial charge >= 0.3 is 0 Å². The molecule has 0 spiro atoms. The zero-order valence-electron chi connectivity index (χ0n) is 6.13. The minimum atomic E-state index is 0.0196. The van der Waals surface area contributed by atoms with Crippen LogP contribution in [0.4, 0.5) is 0 Å². The van der Waals surface area contributed by atoms with E-state index in [0.717, 1.165) is 6.42 Å². The molecule has 58 valence electrons. The molecule has 0 bridgehead atoms. The molecular formula is C9H10ClN. The van der Waals surface area contributed by atoms with Gasteiger partial charge in [0.05, 0.1) is 5.38 Å². The maximum absolute atomic E-state index is 6.07. The molecule has 2 N–H and O–H groups in total. The van der Waals surface area contributed by atoms with E-state index in [1.807, 2.05) is 12.1 Å². The fraction of sp³-hybridized carbons (Fsp3) is 0.333. The second kappa shape index (κ2) is 2.50. The van der Waals surface area contributed by atoms with E-state index in [1.54, 1.807) is 0 Å². The monoisotopic (exact) mass is 167 g/mol. The van der Waals surface area contributed by atoms with E-state index in [-0.39, 0.29) is 11.4 Å². The number of nitrogens with two attached hydrogens (primary N) is 1. The Balaban J connectivity index is 2.47. The van der Waals surface area contributed by atoms with Crippen molar-refractivity contribution in [2.24, 2.45) is 5.73 Å². The van der Waals surface area contributed by atoms with Crippen LogP contribution in [0.2, 0.25) is 0 Å². The summed E-state index contributed by atoms with van der Waals surface area (Å²) >= 11 is 6.07. The van der Waals surface area contributed by atoms with Crippen LogP contribution in [0.3, 0.4) is 0 Å². The fourth-order valence-corrected chi connectivity index (χ4v) is 1.88. The van der Waals surface area contributed by atoms with Gasteiger partial charge in [-0.1, -0.05) is 24.3 Å². The molecule has 11 heavy (non-hydrogen) atoms. The predicted molar refractivity (Wildman–Crippen MR) is 46.7 cm³/mol. The van der Waals surface area contributed by atoms with Gasteiger partial charge in [-0.25, -0.2) is 0 Å². The number of rotatable bonds is 0. The largest absolute Gasteiger partial charge is 0.326 e. The number of hydrogen-bond acceptors (Lipinski definition) is 1. The van der Waals surface area contributed by atoms with Crippen LogP contribution in [0.1, 0.15) is 16.5 Å². The number of fused-ring (bicyclic) bond motifs is 1. The van der Waals surface area contributed by atoms with E-state index in [2.05, 4.69) is 12.1 Å². The van der Waals surface area contributed by atoms with Crippen LogP contribution in [0.15, 0.2) is 24.3 Å². The van der Waals surface area contributed by atoms with Gasteiger partial charge in [-0.05, 0) is 17.5 Å². The van der Waals surface area contributed by atoms with Gasteiger partial charge in [0.25, 0.3) is 0 Å². The van der Waals surface area contributed by atoms with Crippen LogP contribution < -0.4 is 5.73 Å². The molecule has 0 aliphatic heterocycles. The molecule has 0 heterocycles. The molecule has 0 saturated heterocycles. The van der Waals surface area contributed by atoms with Crippen molar-refractivity contribution in [2.45, 2.75) is 17.8 Å². The highest BCUT2D eigenvalue weighted by Crippen LogP contribution is 2.34. The molecule has 2 rings (SSSR count). The van der Waals surface area contributed by atoms with Gasteiger partial charge in [-0.3, -0.25) is 0 Å². The highest BCUT2D eigenvalue weighted by atomic mass is 35.5. The van der Waals surface area contributed by atoms with Crippen molar-refractivity contribution in [2.75, 3.05) is 0 Å². The van der Waals surface area contributed by atoms with Crippen molar-refractivity contribution in [3.63, 3.8) is 0 Å². The molecule has 2 atom stereocenters. The van der Waals surface area contributed by atoms with Crippen LogP contribution in [-0.2, 0) is 6.42 Å². The standard InChI is InChI=1S/C9H10ClN/c10-9-7-4-2-1-3-6(7)5-8(9)11/h1-4,8-9H,5,11H2. The summed E-state index contributed by atoms with van der Waals surface area (Å²) in [6.45, 7) is 0. The predicted octanol–water partition coefficient (Wildman–Crippen LogP) is 1.85. The molecule has 1 aliphatic rings. The molecule has 1 aliphatic carbocycles. The molecule has 1 aromatic rings. The van der Waals surface area contributed by atoms with Crippen molar-refractivity contribution in [1.82, 2.24) is 0 Å². The van der Waals surface area contributed by atoms with Crippen LogP contribution >= 0.6 is 11.6 Å². The van der Waals surface area contributed by atoms with Gasteiger partial charge in [0.2, 0.25) is 0 Å². The minimum Gasteiger partial charge on any atom is -0.326 e. The van der Waals surface area contributed by atoms with Gasteiger partial charge < -0.3 is 5.73 Å². The summed E-state index contributed by atoms with van der Waals surface area (Å²) in [5.74, 6) is 0. The second-order valence-corrected chi connectivity index (χ2v) is 3.44. The Kier molecular flexibility index (Phi) is 1.63. The normalized spacial score (nSPS) is 28.5. The Labute approximate surface area is 71.2 Å². The van der Waals surface area contributed by atoms with Crippen LogP contribution in [-0.4, -0.2) is 6.04 Å². The maximum atomic E-state index is 6.07. The first-order valence-electron chi connectivity index (χ1n) is 3.76. The summed E-state index contributed by atoms with van der Waals surface area (Å²) in [5, 5.41) is 0.0196. The molecule has 0 saturated carbocycles. The number of hydrogen-bond donors (Lipinski definition) is 1. The van der Waals surface area contributed by atoms with Gasteiger partial charge in [0.1, 0.15) is 0 Å². The van der Waals surface area contributed by atoms with E-state index in [4.69, 9.17) is 17.3 Å². The minimum absolute atomic E-state index is 0.0196. The summed E-state index contributed by atoms with van der Waals surface area (Å²) < 4.78 is 0. The smallest absolute Gasteiger partial charge is 0.0742 e. The summed E-state index contributed by atoms with van der Waals surface area (Å²) in [6.07, 6.45) is 0.921. The number of alkyl halides is 1. The van der Waals surface area contributed by atoms with Gasteiger partial charge in [-0.2, -0.15) is 0 Å². The zero-order chi connectivity index (χ0) is 7.84. The van der Waals surface area contributed by atoms with Crippen molar-refractivity contribution >= 4 is 11.6 Å². The van der Waals surface area contributed by atoms with E-state index in [0.29, 0.717) is 0 Å². The van der Waals surface area contributed by atoms with Crippen molar-refractivity contribution in [1.29, 1.82) is 0 Å². The summed E-state index contributed by atoms with van der Waals surface area (Å²) in [5.41, 5.74) is 8.31. The van der Waals surface area contributed by atoms with Crippen molar-refractivity contribution in [3.8, 4) is 0 Å². The average molecular weight is 168 g/mol. The van der Waals surface area contributed by atoms with E-state index in [1.165, 1.54) is 11.1 Å². The second-order valence-electron chi connectivity index (χ2n) is 2.97. The lowest BCUT2D eigenvalue weighted by atomic mass is 10.1. The highest BCUT2D eigenvalue weighted by molar-refractivity contribution is 6.21. The molecule has 0 amide bonds.